The highest BCUT2D eigenvalue weighted by atomic mass is 32.2. The number of hydrogen-bond donors (Lipinski definition) is 3. The van der Waals surface area contributed by atoms with Crippen molar-refractivity contribution < 1.29 is 36.7 Å². The lowest BCUT2D eigenvalue weighted by Crippen LogP contribution is -2.58. The van der Waals surface area contributed by atoms with E-state index in [1.54, 1.807) is 12.1 Å². The Labute approximate surface area is 280 Å². The van der Waals surface area contributed by atoms with Crippen molar-refractivity contribution in [2.24, 2.45) is 11.8 Å². The molecule has 0 spiro atoms. The van der Waals surface area contributed by atoms with Gasteiger partial charge >= 0.3 is 6.09 Å². The van der Waals surface area contributed by atoms with Gasteiger partial charge in [0, 0.05) is 24.4 Å². The molecule has 5 atom stereocenters. The number of sulfonamides is 1. The number of rotatable bonds is 7. The minimum Gasteiger partial charge on any atom is -0.444 e. The van der Waals surface area contributed by atoms with E-state index in [4.69, 9.17) is 4.74 Å². The first-order valence-corrected chi connectivity index (χ1v) is 18.9. The monoisotopic (exact) mass is 685 g/mol. The standard InChI is InChI=1S/C34H44FN5O7S/c35-27-9-6-7-22-18-39(20-26(22)27)33(44)47-24-15-29-30(41)37-34(32(43)38-48(45,46)25-13-14-25)16-23(34)8-4-2-1-3-5-10-28(31(42)40(29)19-24)36-17-21-11-12-21/h4,6-9,21,23-25,28-29,36H,1-3,5,10-20H2,(H,37,41)(H,38,43)/t23-,24-,28+,29+,34-/m1/s1. The molecule has 0 bridgehead atoms. The van der Waals surface area contributed by atoms with E-state index in [9.17, 15) is 32.0 Å². The Morgan fingerprint density at radius 2 is 1.88 bits per heavy atom. The lowest BCUT2D eigenvalue weighted by molar-refractivity contribution is -0.141. The van der Waals surface area contributed by atoms with Crippen molar-refractivity contribution in [3.8, 4) is 0 Å². The van der Waals surface area contributed by atoms with Crippen LogP contribution in [0.25, 0.3) is 0 Å². The largest absolute Gasteiger partial charge is 0.444 e. The van der Waals surface area contributed by atoms with E-state index in [0.717, 1.165) is 38.5 Å². The topological polar surface area (TPSA) is 154 Å². The number of ether oxygens (including phenoxy) is 1. The van der Waals surface area contributed by atoms with Crippen molar-refractivity contribution in [3.05, 3.63) is 47.3 Å². The molecule has 48 heavy (non-hydrogen) atoms. The van der Waals surface area contributed by atoms with Crippen molar-refractivity contribution in [1.29, 1.82) is 0 Å². The zero-order valence-electron chi connectivity index (χ0n) is 27.0. The molecule has 4 amide bonds. The number of nitrogens with one attached hydrogen (secondary N) is 3. The summed E-state index contributed by atoms with van der Waals surface area (Å²) in [6, 6.07) is 3.13. The third-order valence-electron chi connectivity index (χ3n) is 10.6. The van der Waals surface area contributed by atoms with E-state index in [2.05, 4.69) is 15.4 Å². The number of hydrogen-bond acceptors (Lipinski definition) is 8. The zero-order valence-corrected chi connectivity index (χ0v) is 27.8. The zero-order chi connectivity index (χ0) is 33.6. The van der Waals surface area contributed by atoms with Crippen LogP contribution in [0.3, 0.4) is 0 Å². The number of allylic oxidation sites excluding steroid dienone is 1. The summed E-state index contributed by atoms with van der Waals surface area (Å²) in [6.07, 6.45) is 9.77. The summed E-state index contributed by atoms with van der Waals surface area (Å²) in [5, 5.41) is 5.68. The van der Waals surface area contributed by atoms with Crippen LogP contribution in [0.15, 0.2) is 30.4 Å². The molecular formula is C34H44FN5O7S. The Kier molecular flexibility index (Phi) is 8.99. The maximum atomic E-state index is 14.4. The van der Waals surface area contributed by atoms with Crippen molar-refractivity contribution in [3.63, 3.8) is 0 Å². The Hall–Kier alpha value is -3.52. The van der Waals surface area contributed by atoms with Gasteiger partial charge in [-0.2, -0.15) is 0 Å². The molecule has 4 fully saturated rings. The van der Waals surface area contributed by atoms with Crippen LogP contribution in [-0.4, -0.2) is 84.1 Å². The molecule has 0 aromatic heterocycles. The summed E-state index contributed by atoms with van der Waals surface area (Å²) in [6.45, 7) is 0.936. The summed E-state index contributed by atoms with van der Waals surface area (Å²) < 4.78 is 47.9. The van der Waals surface area contributed by atoms with Crippen LogP contribution >= 0.6 is 0 Å². The maximum Gasteiger partial charge on any atom is 0.410 e. The van der Waals surface area contributed by atoms with Crippen LogP contribution in [0.4, 0.5) is 9.18 Å². The van der Waals surface area contributed by atoms with Crippen molar-refractivity contribution in [1.82, 2.24) is 25.2 Å². The third kappa shape index (κ3) is 6.96. The van der Waals surface area contributed by atoms with Gasteiger partial charge < -0.3 is 20.3 Å². The summed E-state index contributed by atoms with van der Waals surface area (Å²) in [5.41, 5.74) is -0.327. The fraction of sp³-hybridized carbons (Fsp3) is 0.647. The fourth-order valence-electron chi connectivity index (χ4n) is 7.26. The molecule has 14 heteroatoms. The van der Waals surface area contributed by atoms with E-state index in [0.29, 0.717) is 42.9 Å². The number of amides is 4. The van der Waals surface area contributed by atoms with E-state index < -0.39 is 68.6 Å². The molecule has 3 N–H and O–H groups in total. The molecule has 0 unspecified atom stereocenters. The third-order valence-corrected chi connectivity index (χ3v) is 12.5. The molecule has 0 radical (unpaired) electrons. The number of halogens is 1. The highest BCUT2D eigenvalue weighted by Crippen LogP contribution is 2.46. The molecule has 260 valence electrons. The molecular weight excluding hydrogens is 641 g/mol. The second-order valence-electron chi connectivity index (χ2n) is 14.4. The molecule has 1 aromatic rings. The first kappa shape index (κ1) is 33.0. The summed E-state index contributed by atoms with van der Waals surface area (Å²) in [4.78, 5) is 58.0. The Morgan fingerprint density at radius 1 is 1.06 bits per heavy atom. The van der Waals surface area contributed by atoms with Crippen LogP contribution in [0.2, 0.25) is 0 Å². The number of carbonyl (C=O) groups excluding carboxylic acids is 4. The molecule has 3 aliphatic heterocycles. The minimum absolute atomic E-state index is 0.00633. The highest BCUT2D eigenvalue weighted by Gasteiger charge is 2.62. The summed E-state index contributed by atoms with van der Waals surface area (Å²) in [5.74, 6) is -1.89. The van der Waals surface area contributed by atoms with Crippen molar-refractivity contribution in [2.45, 2.75) is 113 Å². The highest BCUT2D eigenvalue weighted by molar-refractivity contribution is 7.91. The van der Waals surface area contributed by atoms with Gasteiger partial charge in [-0.15, -0.1) is 0 Å². The van der Waals surface area contributed by atoms with E-state index in [-0.39, 0.29) is 38.4 Å². The van der Waals surface area contributed by atoms with Gasteiger partial charge in [0.25, 0.3) is 5.91 Å². The fourth-order valence-corrected chi connectivity index (χ4v) is 8.62. The predicted octanol–water partition coefficient (Wildman–Crippen LogP) is 2.62. The first-order chi connectivity index (χ1) is 23.0. The van der Waals surface area contributed by atoms with Crippen LogP contribution in [0.1, 0.15) is 81.8 Å². The van der Waals surface area contributed by atoms with Crippen molar-refractivity contribution >= 4 is 33.8 Å². The van der Waals surface area contributed by atoms with E-state index in [1.807, 2.05) is 12.2 Å². The van der Waals surface area contributed by atoms with Crippen molar-refractivity contribution in [2.75, 3.05) is 13.1 Å². The van der Waals surface area contributed by atoms with Crippen LogP contribution < -0.4 is 15.4 Å². The normalized spacial score (nSPS) is 30.8. The molecule has 6 aliphatic rings. The van der Waals surface area contributed by atoms with E-state index >= 15 is 0 Å². The van der Waals surface area contributed by atoms with Gasteiger partial charge in [-0.3, -0.25) is 24.0 Å². The van der Waals surface area contributed by atoms with Gasteiger partial charge in [-0.05, 0) is 75.5 Å². The molecule has 3 saturated carbocycles. The number of fused-ring (bicyclic) bond motifs is 3. The number of benzene rings is 1. The lowest BCUT2D eigenvalue weighted by atomic mass is 10.0. The molecule has 12 nitrogen and oxygen atoms in total. The Bertz CT molecular complexity index is 1610. The first-order valence-electron chi connectivity index (χ1n) is 17.3. The van der Waals surface area contributed by atoms with Crippen LogP contribution in [-0.2, 0) is 42.2 Å². The van der Waals surface area contributed by atoms with Gasteiger partial charge in [0.1, 0.15) is 23.5 Å². The van der Waals surface area contributed by atoms with Crippen LogP contribution in [0.5, 0.6) is 0 Å². The van der Waals surface area contributed by atoms with Gasteiger partial charge in [0.15, 0.2) is 0 Å². The van der Waals surface area contributed by atoms with Gasteiger partial charge in [-0.25, -0.2) is 17.6 Å². The minimum atomic E-state index is -3.86. The molecule has 1 aromatic carbocycles. The predicted molar refractivity (Wildman–Crippen MR) is 172 cm³/mol. The number of nitrogens with zero attached hydrogens (tertiary/aromatic N) is 2. The van der Waals surface area contributed by atoms with E-state index in [1.165, 1.54) is 15.9 Å². The Balaban J connectivity index is 1.11. The summed E-state index contributed by atoms with van der Waals surface area (Å²) in [7, 11) is -3.86. The Morgan fingerprint density at radius 3 is 2.62 bits per heavy atom. The molecule has 1 saturated heterocycles. The lowest BCUT2D eigenvalue weighted by Gasteiger charge is -2.30. The quantitative estimate of drug-likeness (QED) is 0.371. The second kappa shape index (κ2) is 13.1. The smallest absolute Gasteiger partial charge is 0.410 e. The molecule has 3 aliphatic carbocycles. The average Bonchev–Trinajstić information content (AvgIpc) is 3.99. The SMILES string of the molecule is O=C1N[C@]2(C(=O)NS(=O)(=O)C3CC3)C[C@H]2C=CCCCCC[C@H](NCC2CC2)C(=O)N2C[C@H](OC(=O)N3Cc4cccc(F)c4C3)C[C@@H]12. The molecule has 3 heterocycles. The number of carbonyl (C=O) groups is 4. The second-order valence-corrected chi connectivity index (χ2v) is 16.4. The van der Waals surface area contributed by atoms with Crippen LogP contribution in [0, 0.1) is 17.7 Å². The maximum absolute atomic E-state index is 14.4. The van der Waals surface area contributed by atoms with Gasteiger partial charge in [-0.1, -0.05) is 37.1 Å². The van der Waals surface area contributed by atoms with Gasteiger partial charge in [0.2, 0.25) is 21.8 Å². The van der Waals surface area contributed by atoms with Gasteiger partial charge in [0.05, 0.1) is 24.4 Å². The summed E-state index contributed by atoms with van der Waals surface area (Å²) >= 11 is 0. The molecule has 7 rings (SSSR count). The average molecular weight is 686 g/mol.